The molecule has 0 atom stereocenters. The number of furan rings is 1. The van der Waals surface area contributed by atoms with E-state index >= 15 is 0 Å². The lowest BCUT2D eigenvalue weighted by Crippen LogP contribution is -2.27. The summed E-state index contributed by atoms with van der Waals surface area (Å²) in [5.41, 5.74) is 2.21. The molecular formula is C18H17F2N3O2. The predicted molar refractivity (Wildman–Crippen MR) is 88.5 cm³/mol. The quantitative estimate of drug-likeness (QED) is 0.716. The molecule has 0 spiro atoms. The van der Waals surface area contributed by atoms with Crippen LogP contribution in [0.15, 0.2) is 35.0 Å². The van der Waals surface area contributed by atoms with Gasteiger partial charge in [-0.2, -0.15) is 0 Å². The molecule has 0 aliphatic rings. The van der Waals surface area contributed by atoms with Crippen LogP contribution in [0.5, 0.6) is 0 Å². The Morgan fingerprint density at radius 1 is 1.28 bits per heavy atom. The standard InChI is InChI=1S/C18H17F2N3O2/c1-10-5-4-6-12-11(2)15(25-16(10)12)8-23(3)18(24)14-7-13(17(19)20)21-9-22-14/h4-7,9,17H,8H2,1-3H3. The zero-order valence-corrected chi connectivity index (χ0v) is 14.1. The number of hydrogen-bond acceptors (Lipinski definition) is 4. The summed E-state index contributed by atoms with van der Waals surface area (Å²) in [5.74, 6) is 0.184. The van der Waals surface area contributed by atoms with Crippen LogP contribution in [-0.4, -0.2) is 27.8 Å². The number of fused-ring (bicyclic) bond motifs is 1. The number of amides is 1. The van der Waals surface area contributed by atoms with Crippen molar-refractivity contribution in [2.24, 2.45) is 0 Å². The van der Waals surface area contributed by atoms with Crippen molar-refractivity contribution in [3.63, 3.8) is 0 Å². The lowest BCUT2D eigenvalue weighted by molar-refractivity contribution is 0.0769. The monoisotopic (exact) mass is 345 g/mol. The number of aromatic nitrogens is 2. The van der Waals surface area contributed by atoms with Crippen LogP contribution in [0.2, 0.25) is 0 Å². The van der Waals surface area contributed by atoms with Crippen molar-refractivity contribution in [3.05, 3.63) is 58.9 Å². The van der Waals surface area contributed by atoms with Gasteiger partial charge in [-0.1, -0.05) is 18.2 Å². The molecule has 0 fully saturated rings. The normalized spacial score (nSPS) is 11.3. The zero-order chi connectivity index (χ0) is 18.1. The molecule has 1 aromatic carbocycles. The predicted octanol–water partition coefficient (Wildman–Crippen LogP) is 4.05. The van der Waals surface area contributed by atoms with Crippen LogP contribution in [-0.2, 0) is 6.54 Å². The molecule has 0 aliphatic carbocycles. The lowest BCUT2D eigenvalue weighted by Gasteiger charge is -2.16. The molecule has 0 N–H and O–H groups in total. The number of rotatable bonds is 4. The van der Waals surface area contributed by atoms with Gasteiger partial charge in [0.1, 0.15) is 29.1 Å². The Morgan fingerprint density at radius 2 is 2.04 bits per heavy atom. The Morgan fingerprint density at radius 3 is 2.72 bits per heavy atom. The number of halogens is 2. The second-order valence-corrected chi connectivity index (χ2v) is 5.89. The number of carbonyl (C=O) groups excluding carboxylic acids is 1. The van der Waals surface area contributed by atoms with E-state index in [9.17, 15) is 13.6 Å². The highest BCUT2D eigenvalue weighted by atomic mass is 19.3. The van der Waals surface area contributed by atoms with Gasteiger partial charge in [-0.05, 0) is 25.5 Å². The van der Waals surface area contributed by atoms with Gasteiger partial charge in [-0.3, -0.25) is 4.79 Å². The Hall–Kier alpha value is -2.83. The maximum Gasteiger partial charge on any atom is 0.280 e. The number of para-hydroxylation sites is 1. The number of hydrogen-bond donors (Lipinski definition) is 0. The van der Waals surface area contributed by atoms with Gasteiger partial charge in [0.2, 0.25) is 0 Å². The van der Waals surface area contributed by atoms with Crippen molar-refractivity contribution in [2.75, 3.05) is 7.05 Å². The topological polar surface area (TPSA) is 59.2 Å². The van der Waals surface area contributed by atoms with E-state index in [0.717, 1.165) is 34.5 Å². The molecule has 3 rings (SSSR count). The minimum Gasteiger partial charge on any atom is -0.459 e. The highest BCUT2D eigenvalue weighted by Crippen LogP contribution is 2.28. The smallest absolute Gasteiger partial charge is 0.280 e. The molecule has 0 saturated heterocycles. The van der Waals surface area contributed by atoms with Crippen LogP contribution in [0.1, 0.15) is 39.5 Å². The average Bonchev–Trinajstić information content (AvgIpc) is 2.92. The van der Waals surface area contributed by atoms with Gasteiger partial charge < -0.3 is 9.32 Å². The van der Waals surface area contributed by atoms with Crippen LogP contribution in [0.4, 0.5) is 8.78 Å². The molecule has 0 radical (unpaired) electrons. The fourth-order valence-electron chi connectivity index (χ4n) is 2.68. The summed E-state index contributed by atoms with van der Waals surface area (Å²) in [7, 11) is 1.58. The van der Waals surface area contributed by atoms with Crippen molar-refractivity contribution in [3.8, 4) is 0 Å². The number of alkyl halides is 2. The van der Waals surface area contributed by atoms with Crippen molar-refractivity contribution in [2.45, 2.75) is 26.8 Å². The summed E-state index contributed by atoms with van der Waals surface area (Å²) in [6.07, 6.45) is -1.78. The number of aryl methyl sites for hydroxylation is 2. The summed E-state index contributed by atoms with van der Waals surface area (Å²) in [5, 5.41) is 0.998. The largest absolute Gasteiger partial charge is 0.459 e. The number of benzene rings is 1. The van der Waals surface area contributed by atoms with E-state index in [2.05, 4.69) is 9.97 Å². The SMILES string of the molecule is Cc1c(CN(C)C(=O)c2cc(C(F)F)ncn2)oc2c(C)cccc12. The molecule has 25 heavy (non-hydrogen) atoms. The minimum atomic E-state index is -2.75. The minimum absolute atomic E-state index is 0.0715. The molecule has 2 heterocycles. The second-order valence-electron chi connectivity index (χ2n) is 5.89. The van der Waals surface area contributed by atoms with Crippen molar-refractivity contribution >= 4 is 16.9 Å². The van der Waals surface area contributed by atoms with Crippen molar-refractivity contribution in [1.82, 2.24) is 14.9 Å². The molecule has 2 aromatic heterocycles. The lowest BCUT2D eigenvalue weighted by atomic mass is 10.1. The molecule has 7 heteroatoms. The van der Waals surface area contributed by atoms with Crippen LogP contribution in [0, 0.1) is 13.8 Å². The Labute approximate surface area is 143 Å². The van der Waals surface area contributed by atoms with Gasteiger partial charge in [-0.25, -0.2) is 18.7 Å². The first-order chi connectivity index (χ1) is 11.9. The van der Waals surface area contributed by atoms with E-state index in [-0.39, 0.29) is 12.2 Å². The van der Waals surface area contributed by atoms with E-state index in [0.29, 0.717) is 5.76 Å². The van der Waals surface area contributed by atoms with Crippen LogP contribution in [0.25, 0.3) is 11.0 Å². The van der Waals surface area contributed by atoms with E-state index in [1.165, 1.54) is 4.90 Å². The number of carbonyl (C=O) groups is 1. The van der Waals surface area contributed by atoms with Crippen molar-refractivity contribution in [1.29, 1.82) is 0 Å². The maximum absolute atomic E-state index is 12.7. The van der Waals surface area contributed by atoms with Crippen LogP contribution < -0.4 is 0 Å². The molecule has 0 bridgehead atoms. The Kier molecular flexibility index (Phi) is 4.48. The summed E-state index contributed by atoms with van der Waals surface area (Å²) in [4.78, 5) is 21.1. The fourth-order valence-corrected chi connectivity index (χ4v) is 2.68. The Bertz CT molecular complexity index is 937. The maximum atomic E-state index is 12.7. The third-order valence-electron chi connectivity index (χ3n) is 4.12. The first-order valence-corrected chi connectivity index (χ1v) is 7.71. The van der Waals surface area contributed by atoms with E-state index < -0.39 is 18.0 Å². The van der Waals surface area contributed by atoms with Gasteiger partial charge >= 0.3 is 0 Å². The third kappa shape index (κ3) is 3.22. The Balaban J connectivity index is 1.86. The highest BCUT2D eigenvalue weighted by Gasteiger charge is 2.20. The molecule has 0 aliphatic heterocycles. The van der Waals surface area contributed by atoms with Gasteiger partial charge in [0, 0.05) is 18.0 Å². The third-order valence-corrected chi connectivity index (χ3v) is 4.12. The number of nitrogens with zero attached hydrogens (tertiary/aromatic N) is 3. The van der Waals surface area contributed by atoms with Gasteiger partial charge in [0.15, 0.2) is 0 Å². The molecule has 5 nitrogen and oxygen atoms in total. The summed E-state index contributed by atoms with van der Waals surface area (Å²) >= 11 is 0. The van der Waals surface area contributed by atoms with Crippen LogP contribution >= 0.6 is 0 Å². The first kappa shape index (κ1) is 17.0. The van der Waals surface area contributed by atoms with Gasteiger partial charge in [0.25, 0.3) is 12.3 Å². The molecule has 1 amide bonds. The summed E-state index contributed by atoms with van der Waals surface area (Å²) in [6.45, 7) is 4.10. The first-order valence-electron chi connectivity index (χ1n) is 7.71. The molecule has 3 aromatic rings. The van der Waals surface area contributed by atoms with E-state index in [4.69, 9.17) is 4.42 Å². The van der Waals surface area contributed by atoms with Gasteiger partial charge in [-0.15, -0.1) is 0 Å². The average molecular weight is 345 g/mol. The summed E-state index contributed by atoms with van der Waals surface area (Å²) < 4.78 is 31.4. The second kappa shape index (κ2) is 6.58. The molecule has 130 valence electrons. The van der Waals surface area contributed by atoms with E-state index in [1.807, 2.05) is 32.0 Å². The van der Waals surface area contributed by atoms with E-state index in [1.54, 1.807) is 7.05 Å². The molecule has 0 saturated carbocycles. The van der Waals surface area contributed by atoms with Crippen molar-refractivity contribution < 1.29 is 18.0 Å². The summed E-state index contributed by atoms with van der Waals surface area (Å²) in [6, 6.07) is 6.88. The fraction of sp³-hybridized carbons (Fsp3) is 0.278. The molecular weight excluding hydrogens is 328 g/mol. The zero-order valence-electron chi connectivity index (χ0n) is 14.1. The molecule has 0 unspecified atom stereocenters. The highest BCUT2D eigenvalue weighted by molar-refractivity contribution is 5.92. The van der Waals surface area contributed by atoms with Crippen LogP contribution in [0.3, 0.4) is 0 Å². The van der Waals surface area contributed by atoms with Gasteiger partial charge in [0.05, 0.1) is 6.54 Å².